The fourth-order valence-corrected chi connectivity index (χ4v) is 3.87. The van der Waals surface area contributed by atoms with Crippen molar-refractivity contribution in [1.82, 2.24) is 0 Å². The van der Waals surface area contributed by atoms with E-state index in [1.165, 1.54) is 30.4 Å². The zero-order valence-electron chi connectivity index (χ0n) is 13.0. The predicted molar refractivity (Wildman–Crippen MR) is 87.0 cm³/mol. The van der Waals surface area contributed by atoms with E-state index in [1.807, 2.05) is 13.0 Å². The average molecular weight is 309 g/mol. The molecule has 1 aromatic rings. The van der Waals surface area contributed by atoms with Crippen molar-refractivity contribution in [3.05, 3.63) is 33.8 Å². The predicted octanol–water partition coefficient (Wildman–Crippen LogP) is 5.31. The van der Waals surface area contributed by atoms with Crippen molar-refractivity contribution in [1.29, 1.82) is 0 Å². The van der Waals surface area contributed by atoms with Gasteiger partial charge in [-0.05, 0) is 67.7 Å². The van der Waals surface area contributed by atoms with Crippen LogP contribution >= 0.6 is 11.6 Å². The standard InChI is InChI=1S/C18H25ClO2/c1-13-11-16(19)14(2)10-15(13)6-9-18(12-17(20)21)7-4-3-5-8-18/h10-11H,3-9,12H2,1-2H3,(H,20,21). The van der Waals surface area contributed by atoms with Gasteiger partial charge < -0.3 is 5.11 Å². The van der Waals surface area contributed by atoms with Crippen LogP contribution in [0.1, 0.15) is 61.6 Å². The zero-order valence-corrected chi connectivity index (χ0v) is 13.8. The molecule has 1 aliphatic rings. The molecule has 0 unspecified atom stereocenters. The molecule has 0 saturated heterocycles. The number of hydrogen-bond acceptors (Lipinski definition) is 1. The monoisotopic (exact) mass is 308 g/mol. The van der Waals surface area contributed by atoms with Gasteiger partial charge in [0.25, 0.3) is 0 Å². The molecule has 1 fully saturated rings. The SMILES string of the molecule is Cc1cc(CCC2(CC(=O)O)CCCCC2)c(C)cc1Cl. The van der Waals surface area contributed by atoms with Gasteiger partial charge in [-0.1, -0.05) is 36.9 Å². The molecule has 2 rings (SSSR count). The van der Waals surface area contributed by atoms with Crippen LogP contribution in [-0.2, 0) is 11.2 Å². The molecule has 1 N–H and O–H groups in total. The molecule has 21 heavy (non-hydrogen) atoms. The van der Waals surface area contributed by atoms with E-state index in [0.717, 1.165) is 36.3 Å². The number of aryl methyl sites for hydroxylation is 3. The van der Waals surface area contributed by atoms with Gasteiger partial charge in [-0.2, -0.15) is 0 Å². The van der Waals surface area contributed by atoms with E-state index < -0.39 is 5.97 Å². The van der Waals surface area contributed by atoms with Crippen LogP contribution in [0, 0.1) is 19.3 Å². The fourth-order valence-electron chi connectivity index (χ4n) is 3.65. The topological polar surface area (TPSA) is 37.3 Å². The van der Waals surface area contributed by atoms with Gasteiger partial charge in [0.15, 0.2) is 0 Å². The van der Waals surface area contributed by atoms with Crippen LogP contribution in [0.15, 0.2) is 12.1 Å². The zero-order chi connectivity index (χ0) is 15.5. The molecule has 0 atom stereocenters. The molecular formula is C18H25ClO2. The molecule has 0 amide bonds. The summed E-state index contributed by atoms with van der Waals surface area (Å²) in [6.45, 7) is 4.12. The molecule has 1 aromatic carbocycles. The van der Waals surface area contributed by atoms with Gasteiger partial charge >= 0.3 is 5.97 Å². The van der Waals surface area contributed by atoms with Crippen LogP contribution in [-0.4, -0.2) is 11.1 Å². The highest BCUT2D eigenvalue weighted by Crippen LogP contribution is 2.43. The number of aliphatic carboxylic acids is 1. The summed E-state index contributed by atoms with van der Waals surface area (Å²) in [4.78, 5) is 11.2. The Morgan fingerprint density at radius 3 is 2.48 bits per heavy atom. The molecule has 1 aliphatic carbocycles. The Morgan fingerprint density at radius 2 is 1.86 bits per heavy atom. The Morgan fingerprint density at radius 1 is 1.19 bits per heavy atom. The lowest BCUT2D eigenvalue weighted by Crippen LogP contribution is -2.28. The first-order chi connectivity index (χ1) is 9.92. The van der Waals surface area contributed by atoms with E-state index in [9.17, 15) is 9.90 Å². The lowest BCUT2D eigenvalue weighted by atomic mass is 9.68. The molecule has 3 heteroatoms. The molecule has 0 spiro atoms. The minimum Gasteiger partial charge on any atom is -0.481 e. The normalized spacial score (nSPS) is 17.7. The van der Waals surface area contributed by atoms with E-state index in [4.69, 9.17) is 11.6 Å². The maximum atomic E-state index is 11.2. The van der Waals surface area contributed by atoms with Crippen LogP contribution < -0.4 is 0 Å². The van der Waals surface area contributed by atoms with Gasteiger partial charge in [0.1, 0.15) is 0 Å². The Bertz CT molecular complexity index is 516. The first kappa shape index (κ1) is 16.4. The number of benzene rings is 1. The van der Waals surface area contributed by atoms with Crippen molar-refractivity contribution in [2.75, 3.05) is 0 Å². The molecule has 116 valence electrons. The minimum absolute atomic E-state index is 0.00403. The van der Waals surface area contributed by atoms with E-state index in [-0.39, 0.29) is 5.41 Å². The van der Waals surface area contributed by atoms with Crippen molar-refractivity contribution in [3.8, 4) is 0 Å². The van der Waals surface area contributed by atoms with Crippen molar-refractivity contribution in [2.45, 2.75) is 65.2 Å². The lowest BCUT2D eigenvalue weighted by molar-refractivity contribution is -0.140. The number of carbonyl (C=O) groups is 1. The fraction of sp³-hybridized carbons (Fsp3) is 0.611. The summed E-state index contributed by atoms with van der Waals surface area (Å²) in [5.41, 5.74) is 3.64. The summed E-state index contributed by atoms with van der Waals surface area (Å²) in [7, 11) is 0. The summed E-state index contributed by atoms with van der Waals surface area (Å²) in [6, 6.07) is 4.19. The average Bonchev–Trinajstić information content (AvgIpc) is 2.42. The molecule has 0 heterocycles. The van der Waals surface area contributed by atoms with Crippen LogP contribution in [0.5, 0.6) is 0 Å². The highest BCUT2D eigenvalue weighted by Gasteiger charge is 2.34. The number of hydrogen-bond donors (Lipinski definition) is 1. The summed E-state index contributed by atoms with van der Waals surface area (Å²) in [5, 5.41) is 10.1. The van der Waals surface area contributed by atoms with Gasteiger partial charge in [-0.15, -0.1) is 0 Å². The second-order valence-electron chi connectivity index (χ2n) is 6.66. The maximum Gasteiger partial charge on any atom is 0.303 e. The Labute approximate surface area is 132 Å². The summed E-state index contributed by atoms with van der Waals surface area (Å²) >= 11 is 6.15. The molecule has 1 saturated carbocycles. The van der Waals surface area contributed by atoms with E-state index in [1.54, 1.807) is 0 Å². The van der Waals surface area contributed by atoms with Crippen molar-refractivity contribution < 1.29 is 9.90 Å². The number of halogens is 1. The summed E-state index contributed by atoms with van der Waals surface area (Å²) in [5.74, 6) is -0.652. The lowest BCUT2D eigenvalue weighted by Gasteiger charge is -2.36. The summed E-state index contributed by atoms with van der Waals surface area (Å²) in [6.07, 6.45) is 7.96. The minimum atomic E-state index is -0.652. The van der Waals surface area contributed by atoms with Crippen LogP contribution in [0.3, 0.4) is 0 Å². The largest absolute Gasteiger partial charge is 0.481 e. The molecule has 0 aromatic heterocycles. The first-order valence-corrected chi connectivity index (χ1v) is 8.27. The van der Waals surface area contributed by atoms with Crippen molar-refractivity contribution in [3.63, 3.8) is 0 Å². The number of rotatable bonds is 5. The number of carboxylic acids is 1. The molecule has 0 aliphatic heterocycles. The molecule has 2 nitrogen and oxygen atoms in total. The molecule has 0 radical (unpaired) electrons. The number of carboxylic acid groups (broad SMARTS) is 1. The highest BCUT2D eigenvalue weighted by atomic mass is 35.5. The van der Waals surface area contributed by atoms with Gasteiger partial charge in [0.05, 0.1) is 6.42 Å². The Hall–Kier alpha value is -1.02. The van der Waals surface area contributed by atoms with Gasteiger partial charge in [-0.3, -0.25) is 4.79 Å². The third kappa shape index (κ3) is 4.23. The van der Waals surface area contributed by atoms with E-state index >= 15 is 0 Å². The van der Waals surface area contributed by atoms with Crippen molar-refractivity contribution >= 4 is 17.6 Å². The second kappa shape index (κ2) is 6.83. The maximum absolute atomic E-state index is 11.2. The molecule has 0 bridgehead atoms. The third-order valence-electron chi connectivity index (χ3n) is 4.98. The Balaban J connectivity index is 2.11. The molecular weight excluding hydrogens is 284 g/mol. The van der Waals surface area contributed by atoms with Gasteiger partial charge in [-0.25, -0.2) is 0 Å². The van der Waals surface area contributed by atoms with Crippen molar-refractivity contribution in [2.24, 2.45) is 5.41 Å². The highest BCUT2D eigenvalue weighted by molar-refractivity contribution is 6.31. The van der Waals surface area contributed by atoms with Gasteiger partial charge in [0.2, 0.25) is 0 Å². The van der Waals surface area contributed by atoms with Crippen LogP contribution in [0.4, 0.5) is 0 Å². The van der Waals surface area contributed by atoms with Crippen LogP contribution in [0.2, 0.25) is 5.02 Å². The quantitative estimate of drug-likeness (QED) is 0.800. The third-order valence-corrected chi connectivity index (χ3v) is 5.39. The van der Waals surface area contributed by atoms with Crippen LogP contribution in [0.25, 0.3) is 0 Å². The van der Waals surface area contributed by atoms with Gasteiger partial charge in [0, 0.05) is 5.02 Å². The van der Waals surface area contributed by atoms with E-state index in [2.05, 4.69) is 13.0 Å². The smallest absolute Gasteiger partial charge is 0.303 e. The Kier molecular flexibility index (Phi) is 5.32. The van der Waals surface area contributed by atoms with E-state index in [0.29, 0.717) is 6.42 Å². The summed E-state index contributed by atoms with van der Waals surface area (Å²) < 4.78 is 0. The first-order valence-electron chi connectivity index (χ1n) is 7.89. The second-order valence-corrected chi connectivity index (χ2v) is 7.07.